The number of hydrogen-bond acceptors (Lipinski definition) is 5. The second-order valence-corrected chi connectivity index (χ2v) is 8.53. The summed E-state index contributed by atoms with van der Waals surface area (Å²) in [7, 11) is 0. The van der Waals surface area contributed by atoms with Crippen LogP contribution in [0.4, 0.5) is 5.82 Å². The van der Waals surface area contributed by atoms with Gasteiger partial charge in [-0.3, -0.25) is 9.69 Å². The molecule has 156 valence electrons. The number of ketones is 1. The van der Waals surface area contributed by atoms with E-state index in [-0.39, 0.29) is 5.92 Å². The third-order valence-corrected chi connectivity index (χ3v) is 6.93. The van der Waals surface area contributed by atoms with E-state index in [4.69, 9.17) is 4.98 Å². The standard InChI is InChI=1S/C23H38N4O/c1-5-19-15-26(8-4)16-20(6-2)27(19)22-13-14-24-23(25-22)18-11-9-17(10-12-18)21(28)7-3/h13-14,17-20H,5-12,15-16H2,1-4H3. The maximum Gasteiger partial charge on any atom is 0.135 e. The first-order chi connectivity index (χ1) is 13.6. The Morgan fingerprint density at radius 3 is 2.21 bits per heavy atom. The van der Waals surface area contributed by atoms with Crippen molar-refractivity contribution in [2.24, 2.45) is 5.92 Å². The zero-order valence-corrected chi connectivity index (χ0v) is 18.2. The van der Waals surface area contributed by atoms with Gasteiger partial charge in [0.05, 0.1) is 0 Å². The molecule has 1 aliphatic carbocycles. The number of carbonyl (C=O) groups is 1. The summed E-state index contributed by atoms with van der Waals surface area (Å²) in [4.78, 5) is 26.9. The number of anilines is 1. The van der Waals surface area contributed by atoms with Gasteiger partial charge in [0.2, 0.25) is 0 Å². The van der Waals surface area contributed by atoms with E-state index in [9.17, 15) is 4.79 Å². The van der Waals surface area contributed by atoms with E-state index in [1.807, 2.05) is 13.1 Å². The zero-order chi connectivity index (χ0) is 20.1. The Hall–Kier alpha value is -1.49. The van der Waals surface area contributed by atoms with Gasteiger partial charge in [0.25, 0.3) is 0 Å². The lowest BCUT2D eigenvalue weighted by Crippen LogP contribution is -2.58. The molecule has 28 heavy (non-hydrogen) atoms. The first-order valence-electron chi connectivity index (χ1n) is 11.5. The SMILES string of the molecule is CCC(=O)C1CCC(c2nccc(N3C(CC)CN(CC)CC3CC)n2)CC1. The van der Waals surface area contributed by atoms with Crippen LogP contribution < -0.4 is 4.90 Å². The molecular formula is C23H38N4O. The van der Waals surface area contributed by atoms with Gasteiger partial charge in [0.15, 0.2) is 0 Å². The van der Waals surface area contributed by atoms with Gasteiger partial charge in [-0.15, -0.1) is 0 Å². The van der Waals surface area contributed by atoms with Gasteiger partial charge < -0.3 is 4.90 Å². The number of carbonyl (C=O) groups excluding carboxylic acids is 1. The van der Waals surface area contributed by atoms with Crippen LogP contribution in [0.1, 0.15) is 84.4 Å². The summed E-state index contributed by atoms with van der Waals surface area (Å²) < 4.78 is 0. The third-order valence-electron chi connectivity index (χ3n) is 6.93. The van der Waals surface area contributed by atoms with Crippen molar-refractivity contribution in [1.29, 1.82) is 0 Å². The molecule has 0 radical (unpaired) electrons. The van der Waals surface area contributed by atoms with Crippen molar-refractivity contribution >= 4 is 11.6 Å². The summed E-state index contributed by atoms with van der Waals surface area (Å²) in [5.41, 5.74) is 0. The Kier molecular flexibility index (Phi) is 7.44. The van der Waals surface area contributed by atoms with Crippen molar-refractivity contribution in [1.82, 2.24) is 14.9 Å². The second-order valence-electron chi connectivity index (χ2n) is 8.53. The number of nitrogens with zero attached hydrogens (tertiary/aromatic N) is 4. The molecule has 0 N–H and O–H groups in total. The van der Waals surface area contributed by atoms with Crippen molar-refractivity contribution in [3.63, 3.8) is 0 Å². The molecule has 1 saturated carbocycles. The summed E-state index contributed by atoms with van der Waals surface area (Å²) in [5, 5.41) is 0. The minimum absolute atomic E-state index is 0.264. The Bertz CT molecular complexity index is 627. The van der Waals surface area contributed by atoms with E-state index in [1.165, 1.54) is 0 Å². The molecule has 3 rings (SSSR count). The minimum Gasteiger partial charge on any atom is -0.348 e. The largest absolute Gasteiger partial charge is 0.348 e. The number of aromatic nitrogens is 2. The van der Waals surface area contributed by atoms with Crippen LogP contribution >= 0.6 is 0 Å². The highest BCUT2D eigenvalue weighted by atomic mass is 16.1. The first-order valence-corrected chi connectivity index (χ1v) is 11.5. The Morgan fingerprint density at radius 1 is 1.04 bits per heavy atom. The fourth-order valence-electron chi connectivity index (χ4n) is 5.10. The summed E-state index contributed by atoms with van der Waals surface area (Å²) in [6.07, 6.45) is 8.96. The molecule has 0 amide bonds. The van der Waals surface area contributed by atoms with Gasteiger partial charge in [-0.1, -0.05) is 27.7 Å². The van der Waals surface area contributed by atoms with Crippen LogP contribution in [0.15, 0.2) is 12.3 Å². The molecule has 2 fully saturated rings. The average Bonchev–Trinajstić information content (AvgIpc) is 2.77. The molecular weight excluding hydrogens is 348 g/mol. The highest BCUT2D eigenvalue weighted by Crippen LogP contribution is 2.36. The van der Waals surface area contributed by atoms with Crippen molar-refractivity contribution in [2.75, 3.05) is 24.5 Å². The zero-order valence-electron chi connectivity index (χ0n) is 18.2. The van der Waals surface area contributed by atoms with E-state index in [1.54, 1.807) is 0 Å². The molecule has 0 aromatic carbocycles. The third kappa shape index (κ3) is 4.56. The molecule has 1 aromatic heterocycles. The van der Waals surface area contributed by atoms with E-state index < -0.39 is 0 Å². The summed E-state index contributed by atoms with van der Waals surface area (Å²) in [6.45, 7) is 12.2. The van der Waals surface area contributed by atoms with Crippen LogP contribution in [0.3, 0.4) is 0 Å². The predicted octanol–water partition coefficient (Wildman–Crippen LogP) is 4.43. The van der Waals surface area contributed by atoms with E-state index >= 15 is 0 Å². The van der Waals surface area contributed by atoms with Gasteiger partial charge in [-0.05, 0) is 51.1 Å². The first kappa shape index (κ1) is 21.2. The Balaban J connectivity index is 1.76. The van der Waals surface area contributed by atoms with Crippen LogP contribution in [0, 0.1) is 5.92 Å². The molecule has 2 aliphatic rings. The molecule has 5 heteroatoms. The predicted molar refractivity (Wildman–Crippen MR) is 115 cm³/mol. The van der Waals surface area contributed by atoms with Crippen molar-refractivity contribution in [3.05, 3.63) is 18.1 Å². The smallest absolute Gasteiger partial charge is 0.135 e. The second kappa shape index (κ2) is 9.82. The molecule has 5 nitrogen and oxygen atoms in total. The van der Waals surface area contributed by atoms with E-state index in [2.05, 4.69) is 41.6 Å². The number of likely N-dealkylation sites (N-methyl/N-ethyl adjacent to an activating group) is 1. The quantitative estimate of drug-likeness (QED) is 0.694. The normalized spacial score (nSPS) is 29.1. The molecule has 1 saturated heterocycles. The van der Waals surface area contributed by atoms with E-state index in [0.29, 0.717) is 30.2 Å². The Morgan fingerprint density at radius 2 is 1.68 bits per heavy atom. The molecule has 0 spiro atoms. The minimum atomic E-state index is 0.264. The molecule has 2 atom stereocenters. The number of rotatable bonds is 7. The lowest BCUT2D eigenvalue weighted by molar-refractivity contribution is -0.123. The fraction of sp³-hybridized carbons (Fsp3) is 0.783. The maximum absolute atomic E-state index is 12.0. The van der Waals surface area contributed by atoms with Gasteiger partial charge in [-0.25, -0.2) is 9.97 Å². The molecule has 1 aliphatic heterocycles. The molecule has 2 heterocycles. The highest BCUT2D eigenvalue weighted by molar-refractivity contribution is 5.80. The highest BCUT2D eigenvalue weighted by Gasteiger charge is 2.34. The summed E-state index contributed by atoms with van der Waals surface area (Å²) >= 11 is 0. The number of piperazine rings is 1. The topological polar surface area (TPSA) is 49.3 Å². The van der Waals surface area contributed by atoms with Crippen molar-refractivity contribution in [2.45, 2.75) is 90.6 Å². The van der Waals surface area contributed by atoms with Crippen LogP contribution in [0.2, 0.25) is 0 Å². The van der Waals surface area contributed by atoms with Crippen LogP contribution in [0.25, 0.3) is 0 Å². The van der Waals surface area contributed by atoms with Crippen molar-refractivity contribution < 1.29 is 4.79 Å². The maximum atomic E-state index is 12.0. The van der Waals surface area contributed by atoms with Crippen molar-refractivity contribution in [3.8, 4) is 0 Å². The van der Waals surface area contributed by atoms with Gasteiger partial charge in [-0.2, -0.15) is 0 Å². The van der Waals surface area contributed by atoms with Gasteiger partial charge >= 0.3 is 0 Å². The molecule has 0 bridgehead atoms. The van der Waals surface area contributed by atoms with Crippen LogP contribution in [0.5, 0.6) is 0 Å². The number of Topliss-reactive ketones (excluding diaryl/α,β-unsaturated/α-hetero) is 1. The molecule has 1 aromatic rings. The lowest BCUT2D eigenvalue weighted by atomic mass is 9.79. The monoisotopic (exact) mass is 386 g/mol. The van der Waals surface area contributed by atoms with Gasteiger partial charge in [0.1, 0.15) is 17.4 Å². The summed E-state index contributed by atoms with van der Waals surface area (Å²) in [6, 6.07) is 3.13. The van der Waals surface area contributed by atoms with Gasteiger partial charge in [0, 0.05) is 49.6 Å². The fourth-order valence-corrected chi connectivity index (χ4v) is 5.10. The summed E-state index contributed by atoms with van der Waals surface area (Å²) in [5.74, 6) is 3.19. The van der Waals surface area contributed by atoms with Crippen LogP contribution in [-0.2, 0) is 4.79 Å². The number of hydrogen-bond donors (Lipinski definition) is 0. The molecule has 2 unspecified atom stereocenters. The van der Waals surface area contributed by atoms with Crippen LogP contribution in [-0.4, -0.2) is 52.4 Å². The Labute approximate surface area is 170 Å². The van der Waals surface area contributed by atoms with E-state index in [0.717, 1.165) is 69.8 Å². The lowest BCUT2D eigenvalue weighted by Gasteiger charge is -2.47. The average molecular weight is 387 g/mol.